The van der Waals surface area contributed by atoms with Crippen LogP contribution in [0.1, 0.15) is 24.2 Å². The van der Waals surface area contributed by atoms with Crippen molar-refractivity contribution in [2.75, 3.05) is 7.05 Å². The lowest BCUT2D eigenvalue weighted by molar-refractivity contribution is -0.134. The first-order chi connectivity index (χ1) is 11.5. The fourth-order valence-corrected chi connectivity index (χ4v) is 3.27. The molecule has 144 valence electrons. The second kappa shape index (κ2) is 9.92. The van der Waals surface area contributed by atoms with Gasteiger partial charge < -0.3 is 20.3 Å². The van der Waals surface area contributed by atoms with Gasteiger partial charge in [0, 0.05) is 37.9 Å². The molecule has 1 saturated carbocycles. The minimum absolute atomic E-state index is 0. The van der Waals surface area contributed by atoms with E-state index in [1.54, 1.807) is 18.1 Å². The van der Waals surface area contributed by atoms with Crippen molar-refractivity contribution >= 4 is 30.7 Å². The monoisotopic (exact) mass is 400 g/mol. The maximum absolute atomic E-state index is 12.6. The molecule has 3 N–H and O–H groups in total. The van der Waals surface area contributed by atoms with Gasteiger partial charge in [-0.15, -0.1) is 24.8 Å². The van der Waals surface area contributed by atoms with E-state index in [-0.39, 0.29) is 42.7 Å². The number of amides is 1. The molecule has 0 bridgehead atoms. The third kappa shape index (κ3) is 5.20. The maximum atomic E-state index is 12.6. The summed E-state index contributed by atoms with van der Waals surface area (Å²) in [5.74, 6) is 0.673. The van der Waals surface area contributed by atoms with Crippen LogP contribution in [0.2, 0.25) is 0 Å². The number of nitrogens with two attached hydrogens (primary N) is 1. The number of aromatic nitrogens is 2. The van der Waals surface area contributed by atoms with Crippen molar-refractivity contribution in [2.45, 2.75) is 38.1 Å². The maximum Gasteiger partial charge on any atom is 0.225 e. The molecule has 1 amide bonds. The van der Waals surface area contributed by atoms with E-state index in [1.165, 1.54) is 5.56 Å². The summed E-state index contributed by atoms with van der Waals surface area (Å²) in [6, 6.07) is 9.85. The molecule has 0 saturated heterocycles. The molecule has 1 aliphatic carbocycles. The Morgan fingerprint density at radius 1 is 1.31 bits per heavy atom. The number of hydrogen-bond acceptors (Lipinski definition) is 4. The number of nitrogens with zero attached hydrogens (tertiary/aromatic N) is 3. The number of imidazole rings is 1. The molecule has 1 aromatic heterocycles. The van der Waals surface area contributed by atoms with Crippen molar-refractivity contribution in [3.8, 4) is 0 Å². The van der Waals surface area contributed by atoms with Crippen LogP contribution in [-0.2, 0) is 17.9 Å². The van der Waals surface area contributed by atoms with Crippen LogP contribution in [-0.4, -0.2) is 44.7 Å². The number of aliphatic hydroxyl groups excluding tert-OH is 1. The molecule has 1 fully saturated rings. The van der Waals surface area contributed by atoms with Gasteiger partial charge in [0.05, 0.1) is 12.6 Å². The topological polar surface area (TPSA) is 84.4 Å². The van der Waals surface area contributed by atoms with E-state index in [9.17, 15) is 9.90 Å². The Bertz CT molecular complexity index is 686. The van der Waals surface area contributed by atoms with E-state index in [4.69, 9.17) is 5.73 Å². The smallest absolute Gasteiger partial charge is 0.225 e. The third-order valence-electron chi connectivity index (χ3n) is 4.68. The van der Waals surface area contributed by atoms with Crippen molar-refractivity contribution in [1.29, 1.82) is 0 Å². The van der Waals surface area contributed by atoms with Crippen LogP contribution in [0.3, 0.4) is 0 Å². The quantitative estimate of drug-likeness (QED) is 0.801. The summed E-state index contributed by atoms with van der Waals surface area (Å²) in [6.45, 7) is 1.17. The Balaban J connectivity index is 0.00000169. The van der Waals surface area contributed by atoms with Gasteiger partial charge in [0.1, 0.15) is 5.82 Å². The number of aliphatic hydroxyl groups is 1. The number of carbonyl (C=O) groups is 1. The second-order valence-electron chi connectivity index (χ2n) is 6.55. The van der Waals surface area contributed by atoms with Gasteiger partial charge in [-0.05, 0) is 18.4 Å². The minimum Gasteiger partial charge on any atom is -0.391 e. The number of rotatable bonds is 5. The van der Waals surface area contributed by atoms with Crippen LogP contribution < -0.4 is 5.73 Å². The molecule has 0 radical (unpaired) electrons. The molecule has 3 rings (SSSR count). The number of benzene rings is 1. The van der Waals surface area contributed by atoms with E-state index < -0.39 is 6.10 Å². The van der Waals surface area contributed by atoms with Gasteiger partial charge in [-0.2, -0.15) is 0 Å². The molecule has 3 atom stereocenters. The van der Waals surface area contributed by atoms with E-state index in [0.29, 0.717) is 19.4 Å². The lowest BCUT2D eigenvalue weighted by atomic mass is 10.1. The average molecular weight is 401 g/mol. The molecule has 1 heterocycles. The Hall–Kier alpha value is -1.60. The number of carbonyl (C=O) groups excluding carboxylic acids is 1. The Morgan fingerprint density at radius 2 is 2.00 bits per heavy atom. The van der Waals surface area contributed by atoms with E-state index in [2.05, 4.69) is 17.1 Å². The molecule has 0 unspecified atom stereocenters. The first-order valence-electron chi connectivity index (χ1n) is 8.27. The summed E-state index contributed by atoms with van der Waals surface area (Å²) >= 11 is 0. The van der Waals surface area contributed by atoms with Crippen molar-refractivity contribution in [1.82, 2.24) is 14.5 Å². The molecule has 6 nitrogen and oxygen atoms in total. The normalized spacial score (nSPS) is 21.6. The van der Waals surface area contributed by atoms with Crippen LogP contribution in [0.25, 0.3) is 0 Å². The molecule has 8 heteroatoms. The molecular weight excluding hydrogens is 375 g/mol. The summed E-state index contributed by atoms with van der Waals surface area (Å²) in [7, 11) is 1.78. The summed E-state index contributed by atoms with van der Waals surface area (Å²) in [5.41, 5.74) is 7.01. The predicted molar refractivity (Wildman–Crippen MR) is 105 cm³/mol. The second-order valence-corrected chi connectivity index (χ2v) is 6.55. The highest BCUT2D eigenvalue weighted by Crippen LogP contribution is 2.26. The number of halogens is 2. The summed E-state index contributed by atoms with van der Waals surface area (Å²) in [4.78, 5) is 18.6. The molecule has 1 aliphatic rings. The van der Waals surface area contributed by atoms with Crippen molar-refractivity contribution in [3.63, 3.8) is 0 Å². The lowest BCUT2D eigenvalue weighted by Crippen LogP contribution is -2.33. The highest BCUT2D eigenvalue weighted by atomic mass is 35.5. The van der Waals surface area contributed by atoms with Crippen molar-refractivity contribution < 1.29 is 9.90 Å². The highest BCUT2D eigenvalue weighted by Gasteiger charge is 2.36. The van der Waals surface area contributed by atoms with Crippen molar-refractivity contribution in [2.24, 2.45) is 11.7 Å². The van der Waals surface area contributed by atoms with Crippen LogP contribution in [0.5, 0.6) is 0 Å². The Kier molecular flexibility index (Phi) is 8.56. The zero-order chi connectivity index (χ0) is 17.1. The fourth-order valence-electron chi connectivity index (χ4n) is 3.27. The SMILES string of the molecule is CN(Cc1nccn1Cc1ccccc1)C(=O)[C@H]1C[C@H](N)[C@@H](O)C1.Cl.Cl. The molecule has 0 aliphatic heterocycles. The largest absolute Gasteiger partial charge is 0.391 e. The highest BCUT2D eigenvalue weighted by molar-refractivity contribution is 5.85. The lowest BCUT2D eigenvalue weighted by Gasteiger charge is -2.21. The average Bonchev–Trinajstić information content (AvgIpc) is 3.14. The zero-order valence-electron chi connectivity index (χ0n) is 14.7. The summed E-state index contributed by atoms with van der Waals surface area (Å²) in [5, 5.41) is 9.75. The van der Waals surface area contributed by atoms with Crippen LogP contribution in [0.15, 0.2) is 42.7 Å². The van der Waals surface area contributed by atoms with Crippen LogP contribution >= 0.6 is 24.8 Å². The summed E-state index contributed by atoms with van der Waals surface area (Å²) in [6.07, 6.45) is 4.10. The molecule has 0 spiro atoms. The Morgan fingerprint density at radius 3 is 2.62 bits per heavy atom. The molecule has 26 heavy (non-hydrogen) atoms. The number of hydrogen-bond donors (Lipinski definition) is 2. The van der Waals surface area contributed by atoms with Crippen LogP contribution in [0, 0.1) is 5.92 Å². The standard InChI is InChI=1S/C18H24N4O2.2ClH/c1-21(18(24)14-9-15(19)16(23)10-14)12-17-20-7-8-22(17)11-13-5-3-2-4-6-13;;/h2-8,14-16,23H,9-12,19H2,1H3;2*1H/t14-,15-,16-;;/m0../s1. The minimum atomic E-state index is -0.576. The fraction of sp³-hybridized carbons (Fsp3) is 0.444. The van der Waals surface area contributed by atoms with E-state index >= 15 is 0 Å². The predicted octanol–water partition coefficient (Wildman–Crippen LogP) is 1.83. The zero-order valence-corrected chi connectivity index (χ0v) is 16.3. The van der Waals surface area contributed by atoms with Gasteiger partial charge in [-0.1, -0.05) is 30.3 Å². The van der Waals surface area contributed by atoms with E-state index in [0.717, 1.165) is 12.4 Å². The molecule has 1 aromatic carbocycles. The first kappa shape index (κ1) is 22.4. The summed E-state index contributed by atoms with van der Waals surface area (Å²) < 4.78 is 2.05. The van der Waals surface area contributed by atoms with Gasteiger partial charge in [0.25, 0.3) is 0 Å². The van der Waals surface area contributed by atoms with Gasteiger partial charge in [-0.25, -0.2) is 4.98 Å². The van der Waals surface area contributed by atoms with E-state index in [1.807, 2.05) is 29.0 Å². The van der Waals surface area contributed by atoms with Crippen molar-refractivity contribution in [3.05, 3.63) is 54.1 Å². The molecular formula is C18H26Cl2N4O2. The first-order valence-corrected chi connectivity index (χ1v) is 8.27. The molecule has 2 aromatic rings. The van der Waals surface area contributed by atoms with Gasteiger partial charge in [-0.3, -0.25) is 4.79 Å². The van der Waals surface area contributed by atoms with Crippen LogP contribution in [0.4, 0.5) is 0 Å². The van der Waals surface area contributed by atoms with Gasteiger partial charge in [0.15, 0.2) is 0 Å². The van der Waals surface area contributed by atoms with Gasteiger partial charge >= 0.3 is 0 Å². The Labute approximate surface area is 166 Å². The van der Waals surface area contributed by atoms with Gasteiger partial charge in [0.2, 0.25) is 5.91 Å². The third-order valence-corrected chi connectivity index (χ3v) is 4.68.